The molecule has 1 unspecified atom stereocenters. The minimum Gasteiger partial charge on any atom is -0.493 e. The normalized spacial score (nSPS) is 14.5. The van der Waals surface area contributed by atoms with Gasteiger partial charge in [-0.05, 0) is 61.9 Å². The van der Waals surface area contributed by atoms with Gasteiger partial charge in [0.15, 0.2) is 17.5 Å². The predicted octanol–water partition coefficient (Wildman–Crippen LogP) is 4.39. The van der Waals surface area contributed by atoms with Crippen molar-refractivity contribution < 1.29 is 9.47 Å². The number of guanidine groups is 1. The molecule has 0 heterocycles. The second kappa shape index (κ2) is 10.4. The predicted molar refractivity (Wildman–Crippen MR) is 122 cm³/mol. The summed E-state index contributed by atoms with van der Waals surface area (Å²) < 4.78 is 11.2. The molecule has 0 aliphatic heterocycles. The summed E-state index contributed by atoms with van der Waals surface area (Å²) in [6.45, 7) is 2.43. The maximum atomic E-state index is 6.10. The lowest BCUT2D eigenvalue weighted by Gasteiger charge is -2.20. The molecule has 146 valence electrons. The number of benzene rings is 2. The number of nitrogens with one attached hydrogen (secondary N) is 1. The summed E-state index contributed by atoms with van der Waals surface area (Å²) in [6.07, 6.45) is 4.62. The number of para-hydroxylation sites is 2. The molecule has 2 aromatic carbocycles. The first kappa shape index (κ1) is 21.3. The van der Waals surface area contributed by atoms with E-state index in [4.69, 9.17) is 15.2 Å². The largest absolute Gasteiger partial charge is 0.493 e. The third-order valence-electron chi connectivity index (χ3n) is 4.57. The lowest BCUT2D eigenvalue weighted by atomic mass is 9.90. The number of fused-ring (bicyclic) bond motifs is 1. The van der Waals surface area contributed by atoms with Gasteiger partial charge in [-0.1, -0.05) is 24.3 Å². The van der Waals surface area contributed by atoms with Crippen LogP contribution in [0, 0.1) is 0 Å². The molecule has 0 amide bonds. The van der Waals surface area contributed by atoms with Crippen LogP contribution in [0.5, 0.6) is 11.5 Å². The van der Waals surface area contributed by atoms with Gasteiger partial charge in [-0.3, -0.25) is 0 Å². The second-order valence-electron chi connectivity index (χ2n) is 6.58. The Kier molecular flexibility index (Phi) is 8.22. The highest BCUT2D eigenvalue weighted by Gasteiger charge is 2.13. The van der Waals surface area contributed by atoms with Gasteiger partial charge in [0.2, 0.25) is 0 Å². The van der Waals surface area contributed by atoms with Crippen LogP contribution in [0.3, 0.4) is 0 Å². The van der Waals surface area contributed by atoms with Gasteiger partial charge in [0.1, 0.15) is 6.10 Å². The smallest absolute Gasteiger partial charge is 0.193 e. The van der Waals surface area contributed by atoms with Gasteiger partial charge >= 0.3 is 0 Å². The van der Waals surface area contributed by atoms with Gasteiger partial charge in [-0.2, -0.15) is 0 Å². The number of halogens is 1. The molecular formula is C21H28IN3O2. The number of hydrogen-bond donors (Lipinski definition) is 2. The molecule has 6 heteroatoms. The fraction of sp³-hybridized carbons (Fsp3) is 0.381. The van der Waals surface area contributed by atoms with Gasteiger partial charge in [0.25, 0.3) is 0 Å². The van der Waals surface area contributed by atoms with Crippen molar-refractivity contribution in [3.05, 3.63) is 53.6 Å². The molecule has 0 radical (unpaired) electrons. The summed E-state index contributed by atoms with van der Waals surface area (Å²) in [7, 11) is 1.63. The van der Waals surface area contributed by atoms with E-state index in [1.54, 1.807) is 7.11 Å². The number of ether oxygens (including phenoxy) is 2. The maximum Gasteiger partial charge on any atom is 0.193 e. The van der Waals surface area contributed by atoms with Crippen molar-refractivity contribution in [1.82, 2.24) is 0 Å². The number of aryl methyl sites for hydroxylation is 1. The fourth-order valence-corrected chi connectivity index (χ4v) is 3.27. The monoisotopic (exact) mass is 481 g/mol. The average molecular weight is 481 g/mol. The molecule has 0 spiro atoms. The van der Waals surface area contributed by atoms with Crippen LogP contribution in [-0.4, -0.2) is 25.7 Å². The molecule has 0 saturated carbocycles. The molecule has 3 N–H and O–H groups in total. The average Bonchev–Trinajstić information content (AvgIpc) is 2.67. The van der Waals surface area contributed by atoms with Crippen molar-refractivity contribution >= 4 is 35.6 Å². The Balaban J connectivity index is 0.00000261. The Bertz CT molecular complexity index is 780. The molecule has 1 aliphatic carbocycles. The highest BCUT2D eigenvalue weighted by atomic mass is 127. The summed E-state index contributed by atoms with van der Waals surface area (Å²) >= 11 is 0. The number of nitrogens with zero attached hydrogens (tertiary/aromatic N) is 1. The van der Waals surface area contributed by atoms with Gasteiger partial charge in [-0.15, -0.1) is 24.0 Å². The molecule has 1 atom stereocenters. The standard InChI is InChI=1S/C21H27N3O2.HI/c1-15(26-20-13-6-5-12-19(20)25-2)14-23-21(22)24-18-11-7-9-16-8-3-4-10-17(16)18;/h5-7,9,11-13,15H,3-4,8,10,14H2,1-2H3,(H3,22,23,24);1H. The van der Waals surface area contributed by atoms with Gasteiger partial charge in [0.05, 0.1) is 13.7 Å². The van der Waals surface area contributed by atoms with Crippen molar-refractivity contribution in [3.8, 4) is 11.5 Å². The van der Waals surface area contributed by atoms with Crippen molar-refractivity contribution in [3.63, 3.8) is 0 Å². The van der Waals surface area contributed by atoms with Gasteiger partial charge in [0, 0.05) is 5.69 Å². The maximum absolute atomic E-state index is 6.10. The first-order chi connectivity index (χ1) is 12.7. The number of nitrogens with two attached hydrogens (primary N) is 1. The van der Waals surface area contributed by atoms with Gasteiger partial charge < -0.3 is 20.5 Å². The van der Waals surface area contributed by atoms with E-state index >= 15 is 0 Å². The summed E-state index contributed by atoms with van der Waals surface area (Å²) in [5, 5.41) is 3.26. The van der Waals surface area contributed by atoms with Gasteiger partial charge in [-0.25, -0.2) is 4.99 Å². The topological polar surface area (TPSA) is 68.9 Å². The molecule has 5 nitrogen and oxygen atoms in total. The zero-order chi connectivity index (χ0) is 18.4. The molecule has 0 aromatic heterocycles. The number of methoxy groups -OCH3 is 1. The zero-order valence-electron chi connectivity index (χ0n) is 15.9. The summed E-state index contributed by atoms with van der Waals surface area (Å²) in [4.78, 5) is 4.44. The third-order valence-corrected chi connectivity index (χ3v) is 4.57. The zero-order valence-corrected chi connectivity index (χ0v) is 18.2. The van der Waals surface area contributed by atoms with E-state index in [9.17, 15) is 0 Å². The summed E-state index contributed by atoms with van der Waals surface area (Å²) in [6, 6.07) is 13.9. The van der Waals surface area contributed by atoms with E-state index < -0.39 is 0 Å². The Hall–Kier alpha value is -1.96. The van der Waals surface area contributed by atoms with Crippen LogP contribution < -0.4 is 20.5 Å². The Morgan fingerprint density at radius 1 is 1.11 bits per heavy atom. The SMILES string of the molecule is COc1ccccc1OC(C)CN=C(N)Nc1cccc2c1CCCC2.I. The number of rotatable bonds is 6. The van der Waals surface area contributed by atoms with E-state index in [0.29, 0.717) is 24.0 Å². The fourth-order valence-electron chi connectivity index (χ4n) is 3.27. The molecular weight excluding hydrogens is 453 g/mol. The van der Waals surface area contributed by atoms with Crippen molar-refractivity contribution in [2.75, 3.05) is 19.0 Å². The highest BCUT2D eigenvalue weighted by molar-refractivity contribution is 14.0. The number of anilines is 1. The molecule has 0 bridgehead atoms. The van der Waals surface area contributed by atoms with Crippen molar-refractivity contribution in [2.45, 2.75) is 38.7 Å². The number of aliphatic imine (C=N–C) groups is 1. The Labute approximate surface area is 178 Å². The molecule has 0 saturated heterocycles. The summed E-state index contributed by atoms with van der Waals surface area (Å²) in [5.74, 6) is 1.84. The van der Waals surface area contributed by atoms with Crippen molar-refractivity contribution in [1.29, 1.82) is 0 Å². The van der Waals surface area contributed by atoms with Crippen LogP contribution in [0.2, 0.25) is 0 Å². The van der Waals surface area contributed by atoms with E-state index in [1.165, 1.54) is 24.0 Å². The van der Waals surface area contributed by atoms with E-state index in [2.05, 4.69) is 28.5 Å². The minimum atomic E-state index is -0.115. The van der Waals surface area contributed by atoms with Crippen LogP contribution in [0.4, 0.5) is 5.69 Å². The molecule has 1 aliphatic rings. The third kappa shape index (κ3) is 5.76. The molecule has 3 rings (SSSR count). The van der Waals surface area contributed by atoms with Crippen LogP contribution in [0.15, 0.2) is 47.5 Å². The summed E-state index contributed by atoms with van der Waals surface area (Å²) in [5.41, 5.74) is 9.96. The van der Waals surface area contributed by atoms with E-state index in [-0.39, 0.29) is 30.1 Å². The minimum absolute atomic E-state index is 0. The second-order valence-corrected chi connectivity index (χ2v) is 6.58. The van der Waals surface area contributed by atoms with Crippen LogP contribution in [0.1, 0.15) is 30.9 Å². The molecule has 2 aromatic rings. The molecule has 0 fully saturated rings. The molecule has 27 heavy (non-hydrogen) atoms. The lowest BCUT2D eigenvalue weighted by molar-refractivity contribution is 0.219. The Morgan fingerprint density at radius 2 is 1.85 bits per heavy atom. The van der Waals surface area contributed by atoms with Crippen LogP contribution >= 0.6 is 24.0 Å². The van der Waals surface area contributed by atoms with Crippen LogP contribution in [0.25, 0.3) is 0 Å². The quantitative estimate of drug-likeness (QED) is 0.365. The van der Waals surface area contributed by atoms with Crippen LogP contribution in [-0.2, 0) is 12.8 Å². The highest BCUT2D eigenvalue weighted by Crippen LogP contribution is 2.28. The van der Waals surface area contributed by atoms with E-state index in [0.717, 1.165) is 18.5 Å². The first-order valence-corrected chi connectivity index (χ1v) is 9.14. The van der Waals surface area contributed by atoms with E-state index in [1.807, 2.05) is 31.2 Å². The first-order valence-electron chi connectivity index (χ1n) is 9.14. The van der Waals surface area contributed by atoms with Crippen molar-refractivity contribution in [2.24, 2.45) is 10.7 Å². The Morgan fingerprint density at radius 3 is 2.63 bits per heavy atom. The number of hydrogen-bond acceptors (Lipinski definition) is 3. The lowest BCUT2D eigenvalue weighted by Crippen LogP contribution is -2.26.